The maximum absolute atomic E-state index is 14.7. The van der Waals surface area contributed by atoms with Crippen LogP contribution in [0.2, 0.25) is 0 Å². The summed E-state index contributed by atoms with van der Waals surface area (Å²) in [4.78, 5) is 16.0. The molecule has 6 heteroatoms. The zero-order chi connectivity index (χ0) is 25.4. The van der Waals surface area contributed by atoms with E-state index >= 15 is 0 Å². The second kappa shape index (κ2) is 11.8. The SMILES string of the molecule is CCOC(=O)CCc1ccnc(COc2ccc(-c3cc(OC)ccc3F)c(CC(C)(C)C)c2)c1. The zero-order valence-corrected chi connectivity index (χ0v) is 21.2. The minimum atomic E-state index is -0.293. The molecule has 0 radical (unpaired) electrons. The van der Waals surface area contributed by atoms with Crippen LogP contribution in [0.3, 0.4) is 0 Å². The van der Waals surface area contributed by atoms with E-state index in [1.165, 1.54) is 6.07 Å². The number of ether oxygens (including phenoxy) is 3. The minimum Gasteiger partial charge on any atom is -0.497 e. The lowest BCUT2D eigenvalue weighted by Crippen LogP contribution is -2.11. The number of pyridine rings is 1. The van der Waals surface area contributed by atoms with Gasteiger partial charge in [0.05, 0.1) is 19.4 Å². The van der Waals surface area contributed by atoms with E-state index in [0.717, 1.165) is 28.8 Å². The Kier molecular flexibility index (Phi) is 8.85. The molecule has 0 N–H and O–H groups in total. The monoisotopic (exact) mass is 479 g/mol. The molecule has 0 spiro atoms. The molecule has 35 heavy (non-hydrogen) atoms. The summed E-state index contributed by atoms with van der Waals surface area (Å²) in [5.74, 6) is 0.798. The number of aromatic nitrogens is 1. The van der Waals surface area contributed by atoms with Gasteiger partial charge in [0.2, 0.25) is 0 Å². The first-order chi connectivity index (χ1) is 16.7. The molecule has 0 saturated heterocycles. The summed E-state index contributed by atoms with van der Waals surface area (Å²) >= 11 is 0. The molecule has 0 saturated carbocycles. The first kappa shape index (κ1) is 26.2. The lowest BCUT2D eigenvalue weighted by molar-refractivity contribution is -0.143. The Morgan fingerprint density at radius 3 is 2.49 bits per heavy atom. The van der Waals surface area contributed by atoms with Crippen LogP contribution in [0.15, 0.2) is 54.7 Å². The molecule has 0 aliphatic carbocycles. The van der Waals surface area contributed by atoms with E-state index in [4.69, 9.17) is 14.2 Å². The average Bonchev–Trinajstić information content (AvgIpc) is 2.82. The van der Waals surface area contributed by atoms with Crippen molar-refractivity contribution in [2.24, 2.45) is 5.41 Å². The quantitative estimate of drug-likeness (QED) is 0.308. The highest BCUT2D eigenvalue weighted by Crippen LogP contribution is 2.35. The number of hydrogen-bond acceptors (Lipinski definition) is 5. The van der Waals surface area contributed by atoms with Crippen LogP contribution < -0.4 is 9.47 Å². The van der Waals surface area contributed by atoms with Crippen LogP contribution in [-0.4, -0.2) is 24.7 Å². The Balaban J connectivity index is 1.79. The zero-order valence-electron chi connectivity index (χ0n) is 21.2. The molecule has 0 fully saturated rings. The van der Waals surface area contributed by atoms with Crippen LogP contribution in [0.5, 0.6) is 11.5 Å². The number of hydrogen-bond donors (Lipinski definition) is 0. The maximum Gasteiger partial charge on any atom is 0.306 e. The third-order valence-electron chi connectivity index (χ3n) is 5.45. The Labute approximate surface area is 207 Å². The Hall–Kier alpha value is -3.41. The van der Waals surface area contributed by atoms with Gasteiger partial charge >= 0.3 is 5.97 Å². The minimum absolute atomic E-state index is 0.00245. The van der Waals surface area contributed by atoms with Crippen LogP contribution in [0.4, 0.5) is 4.39 Å². The van der Waals surface area contributed by atoms with Gasteiger partial charge in [-0.3, -0.25) is 9.78 Å². The fraction of sp³-hybridized carbons (Fsp3) is 0.379. The fourth-order valence-corrected chi connectivity index (χ4v) is 3.88. The van der Waals surface area contributed by atoms with Gasteiger partial charge < -0.3 is 14.2 Å². The number of esters is 1. The summed E-state index contributed by atoms with van der Waals surface area (Å²) in [5, 5.41) is 0. The topological polar surface area (TPSA) is 57.7 Å². The van der Waals surface area contributed by atoms with Crippen LogP contribution in [-0.2, 0) is 29.0 Å². The number of aryl methyl sites for hydroxylation is 1. The third kappa shape index (κ3) is 7.81. The summed E-state index contributed by atoms with van der Waals surface area (Å²) in [6.07, 6.45) is 3.39. The van der Waals surface area contributed by atoms with Gasteiger partial charge in [-0.15, -0.1) is 0 Å². The molecule has 0 atom stereocenters. The van der Waals surface area contributed by atoms with Crippen molar-refractivity contribution in [1.29, 1.82) is 0 Å². The number of methoxy groups -OCH3 is 1. The Bertz CT molecular complexity index is 1150. The standard InChI is InChI=1S/C29H34FNO4/c1-6-34-28(32)12-7-20-13-14-31-22(15-20)19-35-24-8-10-25(21(16-24)18-29(2,3)4)26-17-23(33-5)9-11-27(26)30/h8-11,13-17H,6-7,12,18-19H2,1-5H3. The predicted octanol–water partition coefficient (Wildman–Crippen LogP) is 6.56. The van der Waals surface area contributed by atoms with Crippen molar-refractivity contribution in [1.82, 2.24) is 4.98 Å². The Morgan fingerprint density at radius 1 is 1.00 bits per heavy atom. The molecular weight excluding hydrogens is 445 g/mol. The summed E-state index contributed by atoms with van der Waals surface area (Å²) in [6.45, 7) is 8.92. The van der Waals surface area contributed by atoms with Gasteiger partial charge in [0.1, 0.15) is 23.9 Å². The first-order valence-electron chi connectivity index (χ1n) is 11.9. The number of carbonyl (C=O) groups is 1. The maximum atomic E-state index is 14.7. The van der Waals surface area contributed by atoms with E-state index in [1.54, 1.807) is 32.4 Å². The van der Waals surface area contributed by atoms with Gasteiger partial charge in [0.25, 0.3) is 0 Å². The van der Waals surface area contributed by atoms with Crippen molar-refractivity contribution < 1.29 is 23.4 Å². The normalized spacial score (nSPS) is 11.3. The number of benzene rings is 2. The van der Waals surface area contributed by atoms with E-state index in [1.807, 2.05) is 30.3 Å². The van der Waals surface area contributed by atoms with Crippen molar-refractivity contribution in [3.05, 3.63) is 77.4 Å². The lowest BCUT2D eigenvalue weighted by Gasteiger charge is -2.22. The van der Waals surface area contributed by atoms with Gasteiger partial charge in [-0.1, -0.05) is 26.8 Å². The predicted molar refractivity (Wildman–Crippen MR) is 135 cm³/mol. The van der Waals surface area contributed by atoms with E-state index in [9.17, 15) is 9.18 Å². The van der Waals surface area contributed by atoms with E-state index in [2.05, 4.69) is 25.8 Å². The summed E-state index contributed by atoms with van der Waals surface area (Å²) in [6, 6.07) is 14.3. The molecule has 0 bridgehead atoms. The van der Waals surface area contributed by atoms with Crippen molar-refractivity contribution in [3.8, 4) is 22.6 Å². The average molecular weight is 480 g/mol. The van der Waals surface area contributed by atoms with Crippen molar-refractivity contribution >= 4 is 5.97 Å². The van der Waals surface area contributed by atoms with E-state index in [0.29, 0.717) is 36.5 Å². The first-order valence-corrected chi connectivity index (χ1v) is 11.9. The molecule has 3 rings (SSSR count). The van der Waals surface area contributed by atoms with Gasteiger partial charge in [-0.25, -0.2) is 4.39 Å². The third-order valence-corrected chi connectivity index (χ3v) is 5.45. The van der Waals surface area contributed by atoms with E-state index < -0.39 is 0 Å². The highest BCUT2D eigenvalue weighted by Gasteiger charge is 2.18. The second-order valence-corrected chi connectivity index (χ2v) is 9.65. The number of rotatable bonds is 10. The van der Waals surface area contributed by atoms with Crippen molar-refractivity contribution in [3.63, 3.8) is 0 Å². The Morgan fingerprint density at radius 2 is 1.77 bits per heavy atom. The van der Waals surface area contributed by atoms with Crippen LogP contribution in [0, 0.1) is 11.2 Å². The number of nitrogens with zero attached hydrogens (tertiary/aromatic N) is 1. The summed E-state index contributed by atoms with van der Waals surface area (Å²) in [5.41, 5.74) is 4.10. The molecular formula is C29H34FNO4. The molecule has 0 amide bonds. The lowest BCUT2D eigenvalue weighted by atomic mass is 9.84. The number of carbonyl (C=O) groups excluding carboxylic acids is 1. The molecule has 1 heterocycles. The highest BCUT2D eigenvalue weighted by atomic mass is 19.1. The van der Waals surface area contributed by atoms with Gasteiger partial charge in [0, 0.05) is 18.2 Å². The molecule has 0 unspecified atom stereocenters. The van der Waals surface area contributed by atoms with Crippen LogP contribution >= 0.6 is 0 Å². The fourth-order valence-electron chi connectivity index (χ4n) is 3.88. The van der Waals surface area contributed by atoms with Crippen LogP contribution in [0.1, 0.15) is 50.9 Å². The molecule has 1 aromatic heterocycles. The van der Waals surface area contributed by atoms with Gasteiger partial charge in [-0.2, -0.15) is 0 Å². The second-order valence-electron chi connectivity index (χ2n) is 9.65. The summed E-state index contributed by atoms with van der Waals surface area (Å²) < 4.78 is 31.1. The molecule has 0 aliphatic heterocycles. The molecule has 2 aromatic carbocycles. The summed E-state index contributed by atoms with van der Waals surface area (Å²) in [7, 11) is 1.57. The highest BCUT2D eigenvalue weighted by molar-refractivity contribution is 5.71. The largest absolute Gasteiger partial charge is 0.497 e. The molecule has 5 nitrogen and oxygen atoms in total. The van der Waals surface area contributed by atoms with Crippen molar-refractivity contribution in [2.45, 2.75) is 53.6 Å². The smallest absolute Gasteiger partial charge is 0.306 e. The molecule has 186 valence electrons. The van der Waals surface area contributed by atoms with Crippen molar-refractivity contribution in [2.75, 3.05) is 13.7 Å². The van der Waals surface area contributed by atoms with Gasteiger partial charge in [0.15, 0.2) is 0 Å². The molecule has 3 aromatic rings. The van der Waals surface area contributed by atoms with Gasteiger partial charge in [-0.05, 0) is 84.3 Å². The number of halogens is 1. The van der Waals surface area contributed by atoms with E-state index in [-0.39, 0.29) is 23.8 Å². The van der Waals surface area contributed by atoms with Crippen LogP contribution in [0.25, 0.3) is 11.1 Å². The molecule has 0 aliphatic rings.